The number of phenols is 2. The minimum Gasteiger partial charge on any atom is -0.507 e. The highest BCUT2D eigenvalue weighted by Gasteiger charge is 2.15. The van der Waals surface area contributed by atoms with E-state index in [0.717, 1.165) is 44.0 Å². The molecule has 0 saturated carbocycles. The van der Waals surface area contributed by atoms with Gasteiger partial charge in [-0.05, 0) is 91.8 Å². The summed E-state index contributed by atoms with van der Waals surface area (Å²) in [5.74, 6) is 0.242. The van der Waals surface area contributed by atoms with Gasteiger partial charge in [0.25, 0.3) is 0 Å². The first-order chi connectivity index (χ1) is 12.6. The summed E-state index contributed by atoms with van der Waals surface area (Å²) in [4.78, 5) is 21.3. The molecular weight excluding hydrogens is 328 g/mol. The lowest BCUT2D eigenvalue weighted by molar-refractivity contribution is 0.111. The monoisotopic (exact) mass is 352 g/mol. The van der Waals surface area contributed by atoms with Crippen LogP contribution in [0.3, 0.4) is 0 Å². The van der Waals surface area contributed by atoms with Crippen LogP contribution in [0.1, 0.15) is 68.7 Å². The van der Waals surface area contributed by atoms with E-state index in [2.05, 4.69) is 0 Å². The number of aryl methyl sites for hydroxylation is 3. The summed E-state index contributed by atoms with van der Waals surface area (Å²) in [5, 5.41) is 18.9. The minimum absolute atomic E-state index is 0.121. The number of fused-ring (bicyclic) bond motifs is 2. The summed E-state index contributed by atoms with van der Waals surface area (Å²) >= 11 is 0. The maximum atomic E-state index is 10.7. The lowest BCUT2D eigenvalue weighted by Gasteiger charge is -2.17. The molecule has 0 radical (unpaired) electrons. The number of aromatic hydroxyl groups is 2. The van der Waals surface area contributed by atoms with Crippen LogP contribution in [0.5, 0.6) is 11.5 Å². The van der Waals surface area contributed by atoms with Gasteiger partial charge < -0.3 is 10.2 Å². The van der Waals surface area contributed by atoms with Crippen LogP contribution < -0.4 is 0 Å². The molecule has 4 nitrogen and oxygen atoms in total. The van der Waals surface area contributed by atoms with Gasteiger partial charge in [-0.15, -0.1) is 0 Å². The van der Waals surface area contributed by atoms with Gasteiger partial charge in [-0.1, -0.05) is 6.07 Å². The van der Waals surface area contributed by atoms with Crippen LogP contribution in [0.15, 0.2) is 24.3 Å². The third-order valence-corrected chi connectivity index (χ3v) is 5.29. The first-order valence-electron chi connectivity index (χ1n) is 9.23. The number of carbonyl (C=O) groups is 2. The Kier molecular flexibility index (Phi) is 5.71. The molecule has 0 spiro atoms. The highest BCUT2D eigenvalue weighted by molar-refractivity contribution is 5.82. The van der Waals surface area contributed by atoms with Crippen LogP contribution in [-0.2, 0) is 25.7 Å². The average molecular weight is 352 g/mol. The van der Waals surface area contributed by atoms with E-state index in [4.69, 9.17) is 0 Å². The van der Waals surface area contributed by atoms with Gasteiger partial charge in [0.1, 0.15) is 11.5 Å². The van der Waals surface area contributed by atoms with E-state index in [0.29, 0.717) is 17.4 Å². The number of aldehydes is 2. The van der Waals surface area contributed by atoms with E-state index >= 15 is 0 Å². The van der Waals surface area contributed by atoms with Crippen LogP contribution >= 0.6 is 0 Å². The molecule has 4 heteroatoms. The maximum absolute atomic E-state index is 10.7. The van der Waals surface area contributed by atoms with Gasteiger partial charge in [-0.25, -0.2) is 0 Å². The molecule has 136 valence electrons. The largest absolute Gasteiger partial charge is 0.507 e. The predicted molar refractivity (Wildman–Crippen MR) is 100 cm³/mol. The summed E-state index contributed by atoms with van der Waals surface area (Å²) in [6, 6.07) is 7.10. The predicted octanol–water partition coefficient (Wildman–Crippen LogP) is 4.17. The fourth-order valence-corrected chi connectivity index (χ4v) is 3.86. The second kappa shape index (κ2) is 8.17. The van der Waals surface area contributed by atoms with Gasteiger partial charge in [-0.2, -0.15) is 0 Å². The second-order valence-electron chi connectivity index (χ2n) is 6.97. The van der Waals surface area contributed by atoms with Gasteiger partial charge >= 0.3 is 0 Å². The van der Waals surface area contributed by atoms with E-state index in [-0.39, 0.29) is 11.5 Å². The fourth-order valence-electron chi connectivity index (χ4n) is 3.86. The highest BCUT2D eigenvalue weighted by atomic mass is 16.3. The average Bonchev–Trinajstić information content (AvgIpc) is 2.68. The second-order valence-corrected chi connectivity index (χ2v) is 6.97. The molecule has 0 aliphatic heterocycles. The van der Waals surface area contributed by atoms with E-state index < -0.39 is 0 Å². The van der Waals surface area contributed by atoms with Gasteiger partial charge in [0, 0.05) is 0 Å². The van der Waals surface area contributed by atoms with Gasteiger partial charge in [0.15, 0.2) is 12.6 Å². The molecule has 2 aromatic rings. The third kappa shape index (κ3) is 3.79. The van der Waals surface area contributed by atoms with Gasteiger partial charge in [0.05, 0.1) is 11.1 Å². The Balaban J connectivity index is 0.000000151. The van der Waals surface area contributed by atoms with Crippen molar-refractivity contribution < 1.29 is 19.8 Å². The third-order valence-electron chi connectivity index (χ3n) is 5.29. The van der Waals surface area contributed by atoms with Crippen molar-refractivity contribution in [1.29, 1.82) is 0 Å². The summed E-state index contributed by atoms with van der Waals surface area (Å²) in [5.41, 5.74) is 5.63. The van der Waals surface area contributed by atoms with Crippen molar-refractivity contribution in [2.24, 2.45) is 0 Å². The van der Waals surface area contributed by atoms with E-state index in [9.17, 15) is 19.8 Å². The Morgan fingerprint density at radius 2 is 1.31 bits per heavy atom. The molecule has 0 aromatic heterocycles. The fraction of sp³-hybridized carbons (Fsp3) is 0.364. The zero-order chi connectivity index (χ0) is 18.5. The Morgan fingerprint density at radius 3 is 1.96 bits per heavy atom. The number of benzene rings is 2. The molecule has 2 aliphatic rings. The van der Waals surface area contributed by atoms with Crippen molar-refractivity contribution in [3.63, 3.8) is 0 Å². The van der Waals surface area contributed by atoms with E-state index in [1.165, 1.54) is 36.0 Å². The van der Waals surface area contributed by atoms with Crippen molar-refractivity contribution in [2.75, 3.05) is 0 Å². The Morgan fingerprint density at radius 1 is 0.692 bits per heavy atom. The molecule has 0 unspecified atom stereocenters. The molecule has 2 N–H and O–H groups in total. The van der Waals surface area contributed by atoms with Crippen molar-refractivity contribution in [2.45, 2.75) is 51.4 Å². The molecule has 0 heterocycles. The topological polar surface area (TPSA) is 74.6 Å². The molecule has 26 heavy (non-hydrogen) atoms. The lowest BCUT2D eigenvalue weighted by atomic mass is 9.88. The Bertz CT molecular complexity index is 821. The number of hydrogen-bond acceptors (Lipinski definition) is 4. The number of phenolic OH excluding ortho intramolecular Hbond substituents is 2. The van der Waals surface area contributed by atoms with Gasteiger partial charge in [0.2, 0.25) is 0 Å². The SMILES string of the molecule is O=Cc1c(O)ccc2c1CCCC2.O=Cc1cc2c(cc1O)CCCC2. The standard InChI is InChI=1S/2C11H12O2/c12-7-10-5-8-3-1-2-4-9(8)6-11(10)13;12-7-10-9-4-2-1-3-8(9)5-6-11(10)13/h2*5-7,13H,1-4H2. The molecule has 0 saturated heterocycles. The summed E-state index contributed by atoms with van der Waals surface area (Å²) < 4.78 is 0. The molecule has 0 amide bonds. The lowest BCUT2D eigenvalue weighted by Crippen LogP contribution is -2.05. The van der Waals surface area contributed by atoms with Crippen LogP contribution in [0.2, 0.25) is 0 Å². The smallest absolute Gasteiger partial charge is 0.154 e. The normalized spacial score (nSPS) is 15.1. The number of rotatable bonds is 2. The molecule has 0 bridgehead atoms. The minimum atomic E-state index is 0.121. The van der Waals surface area contributed by atoms with Crippen molar-refractivity contribution in [1.82, 2.24) is 0 Å². The van der Waals surface area contributed by atoms with Crippen LogP contribution in [0, 0.1) is 0 Å². The number of carbonyl (C=O) groups excluding carboxylic acids is 2. The molecular formula is C22H24O4. The van der Waals surface area contributed by atoms with Crippen LogP contribution in [-0.4, -0.2) is 22.8 Å². The molecule has 0 atom stereocenters. The van der Waals surface area contributed by atoms with Crippen molar-refractivity contribution in [3.8, 4) is 11.5 Å². The van der Waals surface area contributed by atoms with E-state index in [1.54, 1.807) is 12.1 Å². The molecule has 2 aromatic carbocycles. The van der Waals surface area contributed by atoms with Crippen molar-refractivity contribution in [3.05, 3.63) is 57.6 Å². The van der Waals surface area contributed by atoms with Crippen LogP contribution in [0.4, 0.5) is 0 Å². The van der Waals surface area contributed by atoms with Gasteiger partial charge in [-0.3, -0.25) is 9.59 Å². The Labute approximate surface area is 153 Å². The summed E-state index contributed by atoms with van der Waals surface area (Å²) in [6.07, 6.45) is 10.2. The zero-order valence-corrected chi connectivity index (χ0v) is 14.8. The van der Waals surface area contributed by atoms with E-state index in [1.807, 2.05) is 12.1 Å². The first-order valence-corrected chi connectivity index (χ1v) is 9.23. The van der Waals surface area contributed by atoms with Crippen LogP contribution in [0.25, 0.3) is 0 Å². The summed E-state index contributed by atoms with van der Waals surface area (Å²) in [6.45, 7) is 0. The quantitative estimate of drug-likeness (QED) is 0.796. The zero-order valence-electron chi connectivity index (χ0n) is 14.8. The summed E-state index contributed by atoms with van der Waals surface area (Å²) in [7, 11) is 0. The maximum Gasteiger partial charge on any atom is 0.154 e. The highest BCUT2D eigenvalue weighted by Crippen LogP contribution is 2.29. The number of hydrogen-bond donors (Lipinski definition) is 2. The molecule has 0 fully saturated rings. The first kappa shape index (κ1) is 18.2. The van der Waals surface area contributed by atoms with Crippen molar-refractivity contribution >= 4 is 12.6 Å². The molecule has 4 rings (SSSR count). The Hall–Kier alpha value is -2.62. The molecule has 2 aliphatic carbocycles.